The fraction of sp³-hybridized carbons (Fsp3) is 0.143. The first kappa shape index (κ1) is 10.8. The summed E-state index contributed by atoms with van der Waals surface area (Å²) in [4.78, 5) is 19.3. The van der Waals surface area contributed by atoms with Gasteiger partial charge in [-0.2, -0.15) is 0 Å². The molecule has 0 atom stereocenters. The summed E-state index contributed by atoms with van der Waals surface area (Å²) in [6.07, 6.45) is 0. The van der Waals surface area contributed by atoms with E-state index in [0.29, 0.717) is 0 Å². The summed E-state index contributed by atoms with van der Waals surface area (Å²) in [5.74, 6) is 0. The number of aromatic nitrogens is 3. The van der Waals surface area contributed by atoms with Gasteiger partial charge in [-0.05, 0) is 38.1 Å². The van der Waals surface area contributed by atoms with E-state index in [0.717, 1.165) is 28.1 Å². The van der Waals surface area contributed by atoms with Gasteiger partial charge in [0.2, 0.25) is 0 Å². The lowest BCUT2D eigenvalue weighted by molar-refractivity contribution is 0.969. The first-order valence-corrected chi connectivity index (χ1v) is 5.81. The van der Waals surface area contributed by atoms with E-state index in [-0.39, 0.29) is 5.69 Å². The van der Waals surface area contributed by atoms with Gasteiger partial charge in [-0.15, -0.1) is 0 Å². The minimum atomic E-state index is -0.134. The molecule has 0 aliphatic rings. The second-order valence-corrected chi connectivity index (χ2v) is 4.34. The van der Waals surface area contributed by atoms with Crippen molar-refractivity contribution in [3.05, 3.63) is 58.3 Å². The van der Waals surface area contributed by atoms with Crippen molar-refractivity contribution in [3.8, 4) is 5.69 Å². The predicted molar refractivity (Wildman–Crippen MR) is 71.2 cm³/mol. The van der Waals surface area contributed by atoms with Crippen LogP contribution in [0.25, 0.3) is 16.7 Å². The number of hydrogen-bond donors (Lipinski definition) is 1. The van der Waals surface area contributed by atoms with Crippen LogP contribution in [-0.4, -0.2) is 14.5 Å². The molecule has 90 valence electrons. The molecular weight excluding hydrogens is 226 g/mol. The van der Waals surface area contributed by atoms with Crippen molar-refractivity contribution in [1.82, 2.24) is 14.5 Å². The molecule has 2 aromatic heterocycles. The highest BCUT2D eigenvalue weighted by Gasteiger charge is 2.10. The Morgan fingerprint density at radius 2 is 1.89 bits per heavy atom. The summed E-state index contributed by atoms with van der Waals surface area (Å²) < 4.78 is 1.66. The largest absolute Gasteiger partial charge is 0.331 e. The molecule has 0 amide bonds. The van der Waals surface area contributed by atoms with E-state index in [9.17, 15) is 4.79 Å². The molecule has 0 aliphatic heterocycles. The maximum atomic E-state index is 12.1. The van der Waals surface area contributed by atoms with Gasteiger partial charge in [0.15, 0.2) is 0 Å². The van der Waals surface area contributed by atoms with Crippen LogP contribution in [-0.2, 0) is 0 Å². The minimum Gasteiger partial charge on any atom is -0.305 e. The number of aromatic amines is 1. The number of rotatable bonds is 1. The fourth-order valence-corrected chi connectivity index (χ4v) is 2.21. The molecule has 0 unspecified atom stereocenters. The van der Waals surface area contributed by atoms with Crippen molar-refractivity contribution in [2.75, 3.05) is 0 Å². The zero-order valence-electron chi connectivity index (χ0n) is 10.3. The number of fused-ring (bicyclic) bond motifs is 1. The van der Waals surface area contributed by atoms with Gasteiger partial charge >= 0.3 is 5.69 Å². The number of nitrogens with zero attached hydrogens (tertiary/aromatic N) is 2. The van der Waals surface area contributed by atoms with Gasteiger partial charge in [0.25, 0.3) is 0 Å². The molecule has 4 nitrogen and oxygen atoms in total. The molecule has 18 heavy (non-hydrogen) atoms. The van der Waals surface area contributed by atoms with E-state index in [1.54, 1.807) is 4.57 Å². The smallest absolute Gasteiger partial charge is 0.305 e. The summed E-state index contributed by atoms with van der Waals surface area (Å²) in [5.41, 5.74) is 4.19. The molecule has 2 heterocycles. The molecule has 0 saturated heterocycles. The summed E-state index contributed by atoms with van der Waals surface area (Å²) in [7, 11) is 0. The summed E-state index contributed by atoms with van der Waals surface area (Å²) in [6.45, 7) is 3.85. The number of nitrogens with one attached hydrogen (secondary N) is 1. The maximum absolute atomic E-state index is 12.1. The van der Waals surface area contributed by atoms with Gasteiger partial charge in [-0.25, -0.2) is 4.79 Å². The summed E-state index contributed by atoms with van der Waals surface area (Å²) >= 11 is 0. The zero-order chi connectivity index (χ0) is 12.7. The van der Waals surface area contributed by atoms with E-state index in [4.69, 9.17) is 0 Å². The van der Waals surface area contributed by atoms with Crippen molar-refractivity contribution in [2.24, 2.45) is 0 Å². The average Bonchev–Trinajstić information content (AvgIpc) is 2.66. The molecular formula is C14H13N3O. The van der Waals surface area contributed by atoms with Gasteiger partial charge in [0, 0.05) is 5.69 Å². The Hall–Kier alpha value is -2.36. The normalized spacial score (nSPS) is 11.0. The third kappa shape index (κ3) is 1.54. The van der Waals surface area contributed by atoms with Gasteiger partial charge < -0.3 is 4.98 Å². The molecule has 1 N–H and O–H groups in total. The highest BCUT2D eigenvalue weighted by molar-refractivity contribution is 5.77. The van der Waals surface area contributed by atoms with E-state index >= 15 is 0 Å². The van der Waals surface area contributed by atoms with Crippen molar-refractivity contribution < 1.29 is 0 Å². The molecule has 4 heteroatoms. The van der Waals surface area contributed by atoms with Crippen LogP contribution in [0.1, 0.15) is 11.4 Å². The van der Waals surface area contributed by atoms with Crippen LogP contribution in [0.4, 0.5) is 0 Å². The van der Waals surface area contributed by atoms with Gasteiger partial charge in [0.05, 0.1) is 22.4 Å². The number of H-pyrrole nitrogens is 1. The van der Waals surface area contributed by atoms with Crippen LogP contribution in [0, 0.1) is 13.8 Å². The fourth-order valence-electron chi connectivity index (χ4n) is 2.21. The lowest BCUT2D eigenvalue weighted by atomic mass is 10.2. The second kappa shape index (κ2) is 3.84. The van der Waals surface area contributed by atoms with Crippen LogP contribution in [0.2, 0.25) is 0 Å². The Labute approximate surface area is 104 Å². The van der Waals surface area contributed by atoms with E-state index in [2.05, 4.69) is 9.97 Å². The molecule has 0 saturated carbocycles. The van der Waals surface area contributed by atoms with Crippen LogP contribution in [0.3, 0.4) is 0 Å². The van der Waals surface area contributed by atoms with E-state index in [1.807, 2.05) is 50.2 Å². The van der Waals surface area contributed by atoms with Gasteiger partial charge in [-0.3, -0.25) is 9.55 Å². The first-order chi connectivity index (χ1) is 8.66. The van der Waals surface area contributed by atoms with Gasteiger partial charge in [-0.1, -0.05) is 12.1 Å². The number of aryl methyl sites for hydroxylation is 2. The summed E-state index contributed by atoms with van der Waals surface area (Å²) in [5, 5.41) is 0. The van der Waals surface area contributed by atoms with Crippen molar-refractivity contribution in [1.29, 1.82) is 0 Å². The molecule has 0 aliphatic carbocycles. The van der Waals surface area contributed by atoms with Crippen LogP contribution < -0.4 is 5.69 Å². The Kier molecular flexibility index (Phi) is 2.30. The van der Waals surface area contributed by atoms with Gasteiger partial charge in [0.1, 0.15) is 0 Å². The maximum Gasteiger partial charge on any atom is 0.331 e. The minimum absolute atomic E-state index is 0.134. The molecule has 0 bridgehead atoms. The van der Waals surface area contributed by atoms with E-state index < -0.39 is 0 Å². The standard InChI is InChI=1S/C14H13N3O/c1-9-7-8-12(10(2)15-9)17-13-6-4-3-5-11(13)16-14(17)18/h3-8H,1-2H3,(H,16,18). The first-order valence-electron chi connectivity index (χ1n) is 5.81. The molecule has 1 aromatic carbocycles. The topological polar surface area (TPSA) is 50.7 Å². The lowest BCUT2D eigenvalue weighted by Gasteiger charge is -2.07. The van der Waals surface area contributed by atoms with Crippen LogP contribution in [0.15, 0.2) is 41.2 Å². The highest BCUT2D eigenvalue weighted by atomic mass is 16.1. The van der Waals surface area contributed by atoms with Crippen molar-refractivity contribution >= 4 is 11.0 Å². The number of pyridine rings is 1. The zero-order valence-corrected chi connectivity index (χ0v) is 10.3. The second-order valence-electron chi connectivity index (χ2n) is 4.34. The van der Waals surface area contributed by atoms with E-state index in [1.165, 1.54) is 0 Å². The Bertz CT molecular complexity index is 783. The molecule has 0 radical (unpaired) electrons. The average molecular weight is 239 g/mol. The molecule has 0 spiro atoms. The number of benzene rings is 1. The SMILES string of the molecule is Cc1ccc(-n2c(=O)[nH]c3ccccc32)c(C)n1. The summed E-state index contributed by atoms with van der Waals surface area (Å²) in [6, 6.07) is 11.5. The highest BCUT2D eigenvalue weighted by Crippen LogP contribution is 2.17. The lowest BCUT2D eigenvalue weighted by Crippen LogP contribution is -2.16. The number of hydrogen-bond acceptors (Lipinski definition) is 2. The molecule has 3 rings (SSSR count). The van der Waals surface area contributed by atoms with Crippen molar-refractivity contribution in [2.45, 2.75) is 13.8 Å². The third-order valence-electron chi connectivity index (χ3n) is 3.03. The third-order valence-corrected chi connectivity index (χ3v) is 3.03. The molecule has 0 fully saturated rings. The van der Waals surface area contributed by atoms with Crippen molar-refractivity contribution in [3.63, 3.8) is 0 Å². The monoisotopic (exact) mass is 239 g/mol. The molecule has 3 aromatic rings. The Balaban J connectivity index is 2.38. The Morgan fingerprint density at radius 1 is 1.11 bits per heavy atom. The van der Waals surface area contributed by atoms with Crippen LogP contribution in [0.5, 0.6) is 0 Å². The number of para-hydroxylation sites is 2. The number of imidazole rings is 1. The van der Waals surface area contributed by atoms with Crippen LogP contribution >= 0.6 is 0 Å². The quantitative estimate of drug-likeness (QED) is 0.708. The Morgan fingerprint density at radius 3 is 2.67 bits per heavy atom. The predicted octanol–water partition coefficient (Wildman–Crippen LogP) is 2.33.